The van der Waals surface area contributed by atoms with Crippen molar-refractivity contribution in [3.8, 4) is 0 Å². The average molecular weight is 454 g/mol. The highest BCUT2D eigenvalue weighted by Crippen LogP contribution is 2.16. The Morgan fingerprint density at radius 2 is 1.80 bits per heavy atom. The maximum atomic E-state index is 12.4. The number of thiazole rings is 1. The van der Waals surface area contributed by atoms with Gasteiger partial charge in [0, 0.05) is 26.7 Å². The van der Waals surface area contributed by atoms with Crippen molar-refractivity contribution in [2.24, 2.45) is 4.99 Å². The van der Waals surface area contributed by atoms with Gasteiger partial charge in [-0.1, -0.05) is 36.3 Å². The van der Waals surface area contributed by atoms with Gasteiger partial charge < -0.3 is 14.2 Å². The number of hydrogen-bond donors (Lipinski definition) is 0. The highest BCUT2D eigenvalue weighted by atomic mass is 32.2. The molecule has 0 aliphatic carbocycles. The Bertz CT molecular complexity index is 1060. The summed E-state index contributed by atoms with van der Waals surface area (Å²) in [4.78, 5) is 30.9. The van der Waals surface area contributed by atoms with E-state index in [0.29, 0.717) is 31.0 Å². The zero-order chi connectivity index (χ0) is 21.6. The molecule has 2 amide bonds. The summed E-state index contributed by atoms with van der Waals surface area (Å²) in [5, 5.41) is 0. The molecular formula is C20H27N3O5S2. The molecule has 0 N–H and O–H groups in total. The number of aromatic nitrogens is 1. The lowest BCUT2D eigenvalue weighted by Gasteiger charge is -2.19. The zero-order valence-corrected chi connectivity index (χ0v) is 18.7. The lowest BCUT2D eigenvalue weighted by molar-refractivity contribution is -0.128. The van der Waals surface area contributed by atoms with Crippen LogP contribution >= 0.6 is 11.3 Å². The smallest absolute Gasteiger partial charge is 0.263 e. The van der Waals surface area contributed by atoms with Crippen LogP contribution in [0.25, 0.3) is 10.2 Å². The lowest BCUT2D eigenvalue weighted by atomic mass is 10.2. The van der Waals surface area contributed by atoms with E-state index in [4.69, 9.17) is 4.74 Å². The number of para-hydroxylation sites is 1. The van der Waals surface area contributed by atoms with E-state index in [9.17, 15) is 18.0 Å². The maximum Gasteiger partial charge on any atom is 0.263 e. The van der Waals surface area contributed by atoms with E-state index in [1.807, 2.05) is 28.8 Å². The molecule has 30 heavy (non-hydrogen) atoms. The van der Waals surface area contributed by atoms with E-state index in [0.717, 1.165) is 35.9 Å². The Balaban J connectivity index is 1.75. The predicted molar refractivity (Wildman–Crippen MR) is 116 cm³/mol. The van der Waals surface area contributed by atoms with Gasteiger partial charge in [0.25, 0.3) is 5.91 Å². The van der Waals surface area contributed by atoms with Gasteiger partial charge in [-0.3, -0.25) is 9.59 Å². The molecule has 1 saturated heterocycles. The summed E-state index contributed by atoms with van der Waals surface area (Å²) >= 11 is 1.32. The van der Waals surface area contributed by atoms with Gasteiger partial charge >= 0.3 is 0 Å². The highest BCUT2D eigenvalue weighted by Gasteiger charge is 2.25. The predicted octanol–water partition coefficient (Wildman–Crippen LogP) is 1.59. The number of likely N-dealkylation sites (tertiary alicyclic amines) is 1. The normalized spacial score (nSPS) is 16.0. The van der Waals surface area contributed by atoms with E-state index in [1.165, 1.54) is 11.3 Å². The SMILES string of the molecule is COCCn1c(=NC(=O)CS(=O)(=O)CC(=O)N2CCCCCC2)sc2ccccc21. The molecular weight excluding hydrogens is 426 g/mol. The minimum absolute atomic E-state index is 0.423. The van der Waals surface area contributed by atoms with Crippen molar-refractivity contribution in [3.05, 3.63) is 29.1 Å². The first-order valence-corrected chi connectivity index (χ1v) is 12.7. The van der Waals surface area contributed by atoms with Gasteiger partial charge in [0.1, 0.15) is 11.5 Å². The molecule has 2 heterocycles. The molecule has 164 valence electrons. The summed E-state index contributed by atoms with van der Waals surface area (Å²) in [6, 6.07) is 7.62. The van der Waals surface area contributed by atoms with Crippen molar-refractivity contribution in [2.75, 3.05) is 38.3 Å². The van der Waals surface area contributed by atoms with Gasteiger partial charge in [0.15, 0.2) is 14.6 Å². The third-order valence-electron chi connectivity index (χ3n) is 4.97. The molecule has 2 aromatic rings. The summed E-state index contributed by atoms with van der Waals surface area (Å²) in [5.41, 5.74) is 0.908. The van der Waals surface area contributed by atoms with Crippen LogP contribution in [0.4, 0.5) is 0 Å². The number of rotatable bonds is 7. The zero-order valence-electron chi connectivity index (χ0n) is 17.1. The number of ether oxygens (including phenoxy) is 1. The largest absolute Gasteiger partial charge is 0.383 e. The number of carbonyl (C=O) groups excluding carboxylic acids is 2. The van der Waals surface area contributed by atoms with Crippen LogP contribution in [0.1, 0.15) is 25.7 Å². The molecule has 1 aromatic heterocycles. The van der Waals surface area contributed by atoms with Crippen LogP contribution in [0, 0.1) is 0 Å². The van der Waals surface area contributed by atoms with Gasteiger partial charge in [0.2, 0.25) is 5.91 Å². The van der Waals surface area contributed by atoms with Gasteiger partial charge in [-0.2, -0.15) is 4.99 Å². The standard InChI is InChI=1S/C20H27N3O5S2/c1-28-13-12-23-16-8-4-5-9-17(16)29-20(23)21-18(24)14-30(26,27)15-19(25)22-10-6-2-3-7-11-22/h4-5,8-9H,2-3,6-7,10-15H2,1H3. The van der Waals surface area contributed by atoms with Crippen LogP contribution < -0.4 is 4.80 Å². The summed E-state index contributed by atoms with van der Waals surface area (Å²) < 4.78 is 32.8. The van der Waals surface area contributed by atoms with Crippen molar-refractivity contribution in [1.82, 2.24) is 9.47 Å². The van der Waals surface area contributed by atoms with Gasteiger partial charge in [-0.15, -0.1) is 0 Å². The van der Waals surface area contributed by atoms with E-state index in [1.54, 1.807) is 12.0 Å². The van der Waals surface area contributed by atoms with Crippen molar-refractivity contribution in [3.63, 3.8) is 0 Å². The first kappa shape index (κ1) is 22.6. The van der Waals surface area contributed by atoms with Crippen LogP contribution in [0.5, 0.6) is 0 Å². The topological polar surface area (TPSA) is 98.0 Å². The van der Waals surface area contributed by atoms with Crippen molar-refractivity contribution in [2.45, 2.75) is 32.2 Å². The molecule has 0 unspecified atom stereocenters. The number of nitrogens with zero attached hydrogens (tertiary/aromatic N) is 3. The average Bonchev–Trinajstić information content (AvgIpc) is 2.85. The second-order valence-electron chi connectivity index (χ2n) is 7.33. The summed E-state index contributed by atoms with van der Waals surface area (Å²) in [5.74, 6) is -2.62. The van der Waals surface area contributed by atoms with Gasteiger partial charge in [0.05, 0.1) is 16.8 Å². The Hall–Kier alpha value is -2.04. The van der Waals surface area contributed by atoms with Crippen LogP contribution in [0.2, 0.25) is 0 Å². The van der Waals surface area contributed by atoms with Gasteiger partial charge in [-0.05, 0) is 25.0 Å². The molecule has 0 spiro atoms. The molecule has 1 aliphatic rings. The minimum atomic E-state index is -3.89. The highest BCUT2D eigenvalue weighted by molar-refractivity contribution is 7.92. The number of hydrogen-bond acceptors (Lipinski definition) is 6. The van der Waals surface area contributed by atoms with Gasteiger partial charge in [-0.25, -0.2) is 8.42 Å². The fourth-order valence-electron chi connectivity index (χ4n) is 3.48. The lowest BCUT2D eigenvalue weighted by Crippen LogP contribution is -2.37. The van der Waals surface area contributed by atoms with Crippen LogP contribution in [-0.2, 0) is 30.7 Å². The number of fused-ring (bicyclic) bond motifs is 1. The monoisotopic (exact) mass is 453 g/mol. The Labute approximate surface area is 180 Å². The minimum Gasteiger partial charge on any atom is -0.383 e. The summed E-state index contributed by atoms with van der Waals surface area (Å²) in [6.07, 6.45) is 3.86. The number of benzene rings is 1. The van der Waals surface area contributed by atoms with Crippen molar-refractivity contribution < 1.29 is 22.7 Å². The third kappa shape index (κ3) is 5.99. The Kier molecular flexibility index (Phi) is 7.79. The Morgan fingerprint density at radius 3 is 2.50 bits per heavy atom. The quantitative estimate of drug-likeness (QED) is 0.634. The summed E-state index contributed by atoms with van der Waals surface area (Å²) in [6.45, 7) is 2.08. The van der Waals surface area contributed by atoms with Crippen LogP contribution in [-0.4, -0.2) is 68.0 Å². The molecule has 1 fully saturated rings. The number of amides is 2. The molecule has 8 nitrogen and oxygen atoms in total. The number of sulfone groups is 1. The molecule has 1 aromatic carbocycles. The first-order chi connectivity index (χ1) is 14.4. The second kappa shape index (κ2) is 10.3. The fraction of sp³-hybridized carbons (Fsp3) is 0.550. The summed E-state index contributed by atoms with van der Waals surface area (Å²) in [7, 11) is -2.30. The van der Waals surface area contributed by atoms with E-state index < -0.39 is 33.2 Å². The molecule has 0 saturated carbocycles. The van der Waals surface area contributed by atoms with Crippen molar-refractivity contribution >= 4 is 43.2 Å². The Morgan fingerprint density at radius 1 is 1.10 bits per heavy atom. The van der Waals surface area contributed by atoms with Crippen LogP contribution in [0.15, 0.2) is 29.3 Å². The molecule has 3 rings (SSSR count). The van der Waals surface area contributed by atoms with E-state index in [2.05, 4.69) is 4.99 Å². The van der Waals surface area contributed by atoms with Crippen molar-refractivity contribution in [1.29, 1.82) is 0 Å². The van der Waals surface area contributed by atoms with E-state index in [-0.39, 0.29) is 0 Å². The first-order valence-electron chi connectivity index (χ1n) is 10.0. The maximum absolute atomic E-state index is 12.4. The molecule has 0 radical (unpaired) electrons. The fourth-order valence-corrected chi connectivity index (χ4v) is 5.66. The molecule has 1 aliphatic heterocycles. The van der Waals surface area contributed by atoms with E-state index >= 15 is 0 Å². The third-order valence-corrected chi connectivity index (χ3v) is 7.41. The molecule has 0 atom stereocenters. The van der Waals surface area contributed by atoms with Crippen LogP contribution in [0.3, 0.4) is 0 Å². The number of carbonyl (C=O) groups is 2. The second-order valence-corrected chi connectivity index (χ2v) is 10.4. The number of methoxy groups -OCH3 is 1. The molecule has 0 bridgehead atoms. The molecule has 10 heteroatoms.